The van der Waals surface area contributed by atoms with Gasteiger partial charge in [-0.1, -0.05) is 53.2 Å². The van der Waals surface area contributed by atoms with Crippen molar-refractivity contribution in [2.24, 2.45) is 11.8 Å². The molecule has 104 valence electrons. The summed E-state index contributed by atoms with van der Waals surface area (Å²) in [7, 11) is 0. The van der Waals surface area contributed by atoms with E-state index in [0.29, 0.717) is 12.5 Å². The second-order valence-electron chi connectivity index (χ2n) is 6.00. The maximum absolute atomic E-state index is 12.8. The first kappa shape index (κ1) is 12.6. The molecule has 4 heteroatoms. The van der Waals surface area contributed by atoms with Crippen molar-refractivity contribution < 1.29 is 9.53 Å². The minimum absolute atomic E-state index is 0.0721. The maximum atomic E-state index is 12.8. The number of carbonyl (C=O) groups excluding carboxylic acids is 1. The Labute approximate surface area is 126 Å². The van der Waals surface area contributed by atoms with E-state index < -0.39 is 5.60 Å². The molecule has 3 aliphatic rings. The number of ether oxygens (including phenoxy) is 1. The van der Waals surface area contributed by atoms with Crippen LogP contribution in [0.4, 0.5) is 0 Å². The largest absolute Gasteiger partial charge is 0.352 e. The van der Waals surface area contributed by atoms with Gasteiger partial charge in [0, 0.05) is 23.5 Å². The Balaban J connectivity index is 1.63. The zero-order chi connectivity index (χ0) is 13.9. The van der Waals surface area contributed by atoms with Crippen LogP contribution < -0.4 is 0 Å². The molecule has 1 aromatic carbocycles. The molecular weight excluding hydrogens is 318 g/mol. The third-order valence-electron chi connectivity index (χ3n) is 4.86. The Morgan fingerprint density at radius 3 is 2.90 bits per heavy atom. The highest BCUT2D eigenvalue weighted by Gasteiger charge is 2.66. The van der Waals surface area contributed by atoms with Gasteiger partial charge in [0.15, 0.2) is 5.60 Å². The van der Waals surface area contributed by atoms with Crippen LogP contribution in [0.5, 0.6) is 0 Å². The van der Waals surface area contributed by atoms with E-state index in [1.54, 1.807) is 0 Å². The minimum atomic E-state index is -0.697. The number of hydrogen-bond acceptors (Lipinski definition) is 2. The molecule has 3 aliphatic heterocycles. The van der Waals surface area contributed by atoms with Gasteiger partial charge in [0.2, 0.25) is 0 Å². The third-order valence-corrected chi connectivity index (χ3v) is 5.54. The second kappa shape index (κ2) is 4.18. The summed E-state index contributed by atoms with van der Waals surface area (Å²) in [5, 5.41) is 0. The van der Waals surface area contributed by atoms with Crippen LogP contribution in [-0.2, 0) is 16.1 Å². The monoisotopic (exact) mass is 333 g/mol. The van der Waals surface area contributed by atoms with Crippen molar-refractivity contribution in [3.63, 3.8) is 0 Å². The lowest BCUT2D eigenvalue weighted by Crippen LogP contribution is -2.40. The number of likely N-dealkylation sites (tertiary alicyclic amines) is 1. The van der Waals surface area contributed by atoms with Crippen molar-refractivity contribution in [1.29, 1.82) is 0 Å². The Bertz CT molecular complexity index is 600. The highest BCUT2D eigenvalue weighted by Crippen LogP contribution is 2.55. The molecule has 0 aliphatic carbocycles. The van der Waals surface area contributed by atoms with Crippen LogP contribution >= 0.6 is 15.9 Å². The van der Waals surface area contributed by atoms with Gasteiger partial charge in [-0.15, -0.1) is 0 Å². The molecule has 0 radical (unpaired) electrons. The SMILES string of the molecule is C[C@@H]1C2CN(Cc3ccccc3)C(=O)[C@]23C=C(Br)[C@H]1O3. The smallest absolute Gasteiger partial charge is 0.259 e. The zero-order valence-electron chi connectivity index (χ0n) is 11.3. The van der Waals surface area contributed by atoms with Crippen molar-refractivity contribution in [1.82, 2.24) is 4.90 Å². The first-order valence-corrected chi connectivity index (χ1v) is 7.80. The normalized spacial score (nSPS) is 38.3. The van der Waals surface area contributed by atoms with Crippen molar-refractivity contribution in [2.75, 3.05) is 6.54 Å². The van der Waals surface area contributed by atoms with Crippen molar-refractivity contribution in [3.8, 4) is 0 Å². The second-order valence-corrected chi connectivity index (χ2v) is 6.91. The van der Waals surface area contributed by atoms with Gasteiger partial charge in [-0.3, -0.25) is 4.79 Å². The molecular formula is C16H16BrNO2. The van der Waals surface area contributed by atoms with E-state index in [4.69, 9.17) is 4.74 Å². The van der Waals surface area contributed by atoms with Gasteiger partial charge in [-0.05, 0) is 17.6 Å². The summed E-state index contributed by atoms with van der Waals surface area (Å²) in [6.45, 7) is 3.65. The average molecular weight is 334 g/mol. The summed E-state index contributed by atoms with van der Waals surface area (Å²) in [5.41, 5.74) is 0.472. The number of nitrogens with zero attached hydrogens (tertiary/aromatic N) is 1. The van der Waals surface area contributed by atoms with Crippen molar-refractivity contribution >= 4 is 21.8 Å². The summed E-state index contributed by atoms with van der Waals surface area (Å²) in [6, 6.07) is 10.1. The molecule has 4 atom stereocenters. The quantitative estimate of drug-likeness (QED) is 0.832. The van der Waals surface area contributed by atoms with Crippen LogP contribution in [0, 0.1) is 11.8 Å². The summed E-state index contributed by atoms with van der Waals surface area (Å²) >= 11 is 3.55. The van der Waals surface area contributed by atoms with Crippen LogP contribution in [0.25, 0.3) is 0 Å². The fourth-order valence-corrected chi connectivity index (χ4v) is 4.67. The van der Waals surface area contributed by atoms with E-state index >= 15 is 0 Å². The van der Waals surface area contributed by atoms with Gasteiger partial charge < -0.3 is 9.64 Å². The van der Waals surface area contributed by atoms with E-state index in [1.807, 2.05) is 29.2 Å². The summed E-state index contributed by atoms with van der Waals surface area (Å²) in [4.78, 5) is 14.7. The zero-order valence-corrected chi connectivity index (χ0v) is 12.8. The highest BCUT2D eigenvalue weighted by molar-refractivity contribution is 9.11. The Morgan fingerprint density at radius 2 is 2.15 bits per heavy atom. The summed E-state index contributed by atoms with van der Waals surface area (Å²) in [6.07, 6.45) is 2.07. The standard InChI is InChI=1S/C16H16BrNO2/c1-10-12-9-18(8-11-5-3-2-4-6-11)15(19)16(12)7-13(17)14(10)20-16/h2-7,10,12,14H,8-9H2,1H3/t10-,12?,14+,16+/m1/s1. The van der Waals surface area contributed by atoms with Crippen molar-refractivity contribution in [3.05, 3.63) is 46.5 Å². The fraction of sp³-hybridized carbons (Fsp3) is 0.438. The molecule has 1 aromatic rings. The van der Waals surface area contributed by atoms with Gasteiger partial charge in [0.05, 0.1) is 6.10 Å². The summed E-state index contributed by atoms with van der Waals surface area (Å²) < 4.78 is 7.10. The Kier molecular flexibility index (Phi) is 2.63. The predicted molar refractivity (Wildman–Crippen MR) is 79.1 cm³/mol. The van der Waals surface area contributed by atoms with Gasteiger partial charge >= 0.3 is 0 Å². The van der Waals surface area contributed by atoms with Crippen LogP contribution in [-0.4, -0.2) is 29.1 Å². The van der Waals surface area contributed by atoms with Crippen molar-refractivity contribution in [2.45, 2.75) is 25.2 Å². The molecule has 1 unspecified atom stereocenters. The summed E-state index contributed by atoms with van der Waals surface area (Å²) in [5.74, 6) is 0.791. The lowest BCUT2D eigenvalue weighted by Gasteiger charge is -2.22. The molecule has 20 heavy (non-hydrogen) atoms. The molecule has 4 rings (SSSR count). The van der Waals surface area contributed by atoms with Gasteiger partial charge in [-0.25, -0.2) is 0 Å². The van der Waals surface area contributed by atoms with E-state index in [1.165, 1.54) is 5.56 Å². The molecule has 3 heterocycles. The average Bonchev–Trinajstić information content (AvgIpc) is 3.02. The molecule has 1 spiro atoms. The topological polar surface area (TPSA) is 29.5 Å². The molecule has 0 aromatic heterocycles. The third kappa shape index (κ3) is 1.52. The maximum Gasteiger partial charge on any atom is 0.259 e. The predicted octanol–water partition coefficient (Wildman–Crippen LogP) is 2.71. The van der Waals surface area contributed by atoms with Gasteiger partial charge in [-0.2, -0.15) is 0 Å². The number of amides is 1. The van der Waals surface area contributed by atoms with Crippen LogP contribution in [0.1, 0.15) is 12.5 Å². The first-order valence-electron chi connectivity index (χ1n) is 7.01. The molecule has 3 nitrogen and oxygen atoms in total. The number of hydrogen-bond donors (Lipinski definition) is 0. The van der Waals surface area contributed by atoms with Crippen LogP contribution in [0.15, 0.2) is 40.9 Å². The molecule has 2 saturated heterocycles. The van der Waals surface area contributed by atoms with Gasteiger partial charge in [0.25, 0.3) is 5.91 Å². The molecule has 0 N–H and O–H groups in total. The first-order chi connectivity index (χ1) is 9.62. The molecule has 0 saturated carbocycles. The van der Waals surface area contributed by atoms with Crippen LogP contribution in [0.2, 0.25) is 0 Å². The number of benzene rings is 1. The number of carbonyl (C=O) groups is 1. The molecule has 2 bridgehead atoms. The van der Waals surface area contributed by atoms with E-state index in [-0.39, 0.29) is 17.9 Å². The number of rotatable bonds is 2. The van der Waals surface area contributed by atoms with Gasteiger partial charge in [0.1, 0.15) is 0 Å². The molecule has 1 amide bonds. The number of fused-ring (bicyclic) bond motifs is 1. The lowest BCUT2D eigenvalue weighted by atomic mass is 9.78. The number of halogens is 1. The lowest BCUT2D eigenvalue weighted by molar-refractivity contribution is -0.142. The van der Waals surface area contributed by atoms with Crippen LogP contribution in [0.3, 0.4) is 0 Å². The fourth-order valence-electron chi connectivity index (χ4n) is 3.82. The highest BCUT2D eigenvalue weighted by atomic mass is 79.9. The van der Waals surface area contributed by atoms with E-state index in [2.05, 4.69) is 35.0 Å². The van der Waals surface area contributed by atoms with E-state index in [0.717, 1.165) is 11.0 Å². The van der Waals surface area contributed by atoms with E-state index in [9.17, 15) is 4.79 Å². The Morgan fingerprint density at radius 1 is 1.40 bits per heavy atom. The minimum Gasteiger partial charge on any atom is -0.352 e. The molecule has 2 fully saturated rings. The Hall–Kier alpha value is -1.13.